The SMILES string of the molecule is CC(=O)N[C@@H]1CCN(C(=O)c2ccc3c(c2)C2(CCCCC2)CN3C(C)=O)C1. The molecule has 1 aromatic carbocycles. The zero-order valence-electron chi connectivity index (χ0n) is 16.8. The minimum Gasteiger partial charge on any atom is -0.352 e. The number of amides is 3. The Balaban J connectivity index is 1.61. The molecule has 1 saturated heterocycles. The first kappa shape index (κ1) is 19.0. The molecule has 1 N–H and O–H groups in total. The fourth-order valence-corrected chi connectivity index (χ4v) is 5.27. The fraction of sp³-hybridized carbons (Fsp3) is 0.591. The number of hydrogen-bond acceptors (Lipinski definition) is 3. The second-order valence-electron chi connectivity index (χ2n) is 8.62. The van der Waals surface area contributed by atoms with Crippen LogP contribution in [0.5, 0.6) is 0 Å². The largest absolute Gasteiger partial charge is 0.352 e. The summed E-state index contributed by atoms with van der Waals surface area (Å²) in [5.74, 6) is 0.0312. The summed E-state index contributed by atoms with van der Waals surface area (Å²) >= 11 is 0. The summed E-state index contributed by atoms with van der Waals surface area (Å²) in [5, 5.41) is 2.91. The number of rotatable bonds is 2. The Morgan fingerprint density at radius 2 is 1.86 bits per heavy atom. The molecule has 1 aliphatic carbocycles. The molecule has 3 aliphatic rings. The Morgan fingerprint density at radius 3 is 2.54 bits per heavy atom. The molecule has 2 fully saturated rings. The van der Waals surface area contributed by atoms with Crippen molar-refractivity contribution in [1.82, 2.24) is 10.2 Å². The molecule has 2 heterocycles. The van der Waals surface area contributed by atoms with Crippen molar-refractivity contribution in [2.75, 3.05) is 24.5 Å². The Hall–Kier alpha value is -2.37. The van der Waals surface area contributed by atoms with E-state index in [1.807, 2.05) is 28.0 Å². The van der Waals surface area contributed by atoms with Crippen LogP contribution in [0.4, 0.5) is 5.69 Å². The minimum absolute atomic E-state index is 0.000721. The molecular formula is C22H29N3O3. The molecule has 0 radical (unpaired) electrons. The second-order valence-corrected chi connectivity index (χ2v) is 8.62. The Kier molecular flexibility index (Phi) is 4.89. The molecule has 0 unspecified atom stereocenters. The number of fused-ring (bicyclic) bond motifs is 2. The maximum absolute atomic E-state index is 13.1. The van der Waals surface area contributed by atoms with E-state index in [0.717, 1.165) is 31.5 Å². The predicted octanol–water partition coefficient (Wildman–Crippen LogP) is 2.61. The van der Waals surface area contributed by atoms with Crippen molar-refractivity contribution in [3.05, 3.63) is 29.3 Å². The van der Waals surface area contributed by atoms with E-state index < -0.39 is 0 Å². The maximum Gasteiger partial charge on any atom is 0.253 e. The Morgan fingerprint density at radius 1 is 1.11 bits per heavy atom. The maximum atomic E-state index is 13.1. The number of anilines is 1. The number of benzene rings is 1. The molecule has 6 nitrogen and oxygen atoms in total. The predicted molar refractivity (Wildman–Crippen MR) is 107 cm³/mol. The molecule has 0 bridgehead atoms. The smallest absolute Gasteiger partial charge is 0.253 e. The highest BCUT2D eigenvalue weighted by atomic mass is 16.2. The van der Waals surface area contributed by atoms with E-state index in [9.17, 15) is 14.4 Å². The minimum atomic E-state index is -0.0552. The molecular weight excluding hydrogens is 354 g/mol. The van der Waals surface area contributed by atoms with E-state index in [1.54, 1.807) is 6.92 Å². The Bertz CT molecular complexity index is 813. The van der Waals surface area contributed by atoms with Gasteiger partial charge in [-0.15, -0.1) is 0 Å². The third-order valence-electron chi connectivity index (χ3n) is 6.64. The highest BCUT2D eigenvalue weighted by molar-refractivity contribution is 5.98. The fourth-order valence-electron chi connectivity index (χ4n) is 5.27. The monoisotopic (exact) mass is 383 g/mol. The van der Waals surface area contributed by atoms with Gasteiger partial charge in [-0.05, 0) is 43.0 Å². The molecule has 1 spiro atoms. The van der Waals surface area contributed by atoms with Crippen molar-refractivity contribution >= 4 is 23.4 Å². The first-order valence-electron chi connectivity index (χ1n) is 10.4. The normalized spacial score (nSPS) is 23.0. The molecule has 28 heavy (non-hydrogen) atoms. The van der Waals surface area contributed by atoms with E-state index in [0.29, 0.717) is 18.7 Å². The lowest BCUT2D eigenvalue weighted by Crippen LogP contribution is -2.37. The third-order valence-corrected chi connectivity index (χ3v) is 6.64. The van der Waals surface area contributed by atoms with Crippen molar-refractivity contribution in [1.29, 1.82) is 0 Å². The standard InChI is InChI=1S/C22H29N3O3/c1-15(26)23-18-8-11-24(13-18)21(28)17-6-7-20-19(12-17)22(9-4-3-5-10-22)14-25(20)16(2)27/h6-7,12,18H,3-5,8-11,13-14H2,1-2H3,(H,23,26)/t18-/m1/s1. The zero-order valence-corrected chi connectivity index (χ0v) is 16.8. The number of likely N-dealkylation sites (tertiary alicyclic amines) is 1. The van der Waals surface area contributed by atoms with Gasteiger partial charge in [-0.2, -0.15) is 0 Å². The molecule has 1 atom stereocenters. The molecule has 1 aromatic rings. The van der Waals surface area contributed by atoms with E-state index in [-0.39, 0.29) is 29.2 Å². The van der Waals surface area contributed by atoms with Crippen LogP contribution in [0.1, 0.15) is 68.3 Å². The van der Waals surface area contributed by atoms with Gasteiger partial charge in [-0.1, -0.05) is 19.3 Å². The summed E-state index contributed by atoms with van der Waals surface area (Å²) in [6, 6.07) is 5.88. The highest BCUT2D eigenvalue weighted by Crippen LogP contribution is 2.49. The van der Waals surface area contributed by atoms with Crippen LogP contribution < -0.4 is 10.2 Å². The molecule has 6 heteroatoms. The number of nitrogens with zero attached hydrogens (tertiary/aromatic N) is 2. The molecule has 2 aliphatic heterocycles. The van der Waals surface area contributed by atoms with Gasteiger partial charge in [0, 0.05) is 56.2 Å². The lowest BCUT2D eigenvalue weighted by Gasteiger charge is -2.34. The molecule has 3 amide bonds. The van der Waals surface area contributed by atoms with E-state index in [4.69, 9.17) is 0 Å². The van der Waals surface area contributed by atoms with Crippen molar-refractivity contribution < 1.29 is 14.4 Å². The van der Waals surface area contributed by atoms with Crippen LogP contribution in [0, 0.1) is 0 Å². The van der Waals surface area contributed by atoms with Crippen molar-refractivity contribution in [2.24, 2.45) is 0 Å². The topological polar surface area (TPSA) is 69.7 Å². The van der Waals surface area contributed by atoms with Crippen LogP contribution in [-0.4, -0.2) is 48.3 Å². The van der Waals surface area contributed by atoms with Gasteiger partial charge in [-0.3, -0.25) is 14.4 Å². The van der Waals surface area contributed by atoms with Crippen LogP contribution >= 0.6 is 0 Å². The lowest BCUT2D eigenvalue weighted by atomic mass is 9.70. The van der Waals surface area contributed by atoms with Gasteiger partial charge in [-0.25, -0.2) is 0 Å². The summed E-state index contributed by atoms with van der Waals surface area (Å²) in [5.41, 5.74) is 2.84. The molecule has 4 rings (SSSR count). The van der Waals surface area contributed by atoms with E-state index >= 15 is 0 Å². The van der Waals surface area contributed by atoms with Crippen molar-refractivity contribution in [3.8, 4) is 0 Å². The van der Waals surface area contributed by atoms with Gasteiger partial charge in [0.15, 0.2) is 0 Å². The van der Waals surface area contributed by atoms with Crippen molar-refractivity contribution in [3.63, 3.8) is 0 Å². The molecule has 0 aromatic heterocycles. The summed E-state index contributed by atoms with van der Waals surface area (Å²) < 4.78 is 0. The summed E-state index contributed by atoms with van der Waals surface area (Å²) in [6.45, 7) is 5.09. The van der Waals surface area contributed by atoms with Gasteiger partial charge in [0.05, 0.1) is 0 Å². The Labute approximate surface area is 166 Å². The van der Waals surface area contributed by atoms with Crippen LogP contribution in [0.25, 0.3) is 0 Å². The quantitative estimate of drug-likeness (QED) is 0.853. The van der Waals surface area contributed by atoms with Gasteiger partial charge >= 0.3 is 0 Å². The lowest BCUT2D eigenvalue weighted by molar-refractivity contribution is -0.119. The summed E-state index contributed by atoms with van der Waals surface area (Å²) in [6.07, 6.45) is 6.54. The molecule has 150 valence electrons. The van der Waals surface area contributed by atoms with Gasteiger partial charge in [0.1, 0.15) is 0 Å². The number of carbonyl (C=O) groups is 3. The van der Waals surface area contributed by atoms with E-state index in [2.05, 4.69) is 5.32 Å². The van der Waals surface area contributed by atoms with Crippen LogP contribution in [0.15, 0.2) is 18.2 Å². The number of carbonyl (C=O) groups excluding carboxylic acids is 3. The third kappa shape index (κ3) is 3.29. The highest BCUT2D eigenvalue weighted by Gasteiger charge is 2.44. The van der Waals surface area contributed by atoms with Crippen LogP contribution in [0.2, 0.25) is 0 Å². The van der Waals surface area contributed by atoms with Gasteiger partial charge in [0.25, 0.3) is 5.91 Å². The van der Waals surface area contributed by atoms with Crippen LogP contribution in [-0.2, 0) is 15.0 Å². The van der Waals surface area contributed by atoms with E-state index in [1.165, 1.54) is 31.7 Å². The average molecular weight is 383 g/mol. The summed E-state index contributed by atoms with van der Waals surface area (Å²) in [4.78, 5) is 40.3. The first-order chi connectivity index (χ1) is 13.4. The first-order valence-corrected chi connectivity index (χ1v) is 10.4. The van der Waals surface area contributed by atoms with Gasteiger partial charge < -0.3 is 15.1 Å². The average Bonchev–Trinajstić information content (AvgIpc) is 3.25. The van der Waals surface area contributed by atoms with Crippen LogP contribution in [0.3, 0.4) is 0 Å². The molecule has 1 saturated carbocycles. The van der Waals surface area contributed by atoms with Crippen molar-refractivity contribution in [2.45, 2.75) is 63.8 Å². The summed E-state index contributed by atoms with van der Waals surface area (Å²) in [7, 11) is 0. The number of nitrogens with one attached hydrogen (secondary N) is 1. The second kappa shape index (κ2) is 7.22. The van der Waals surface area contributed by atoms with Gasteiger partial charge in [0.2, 0.25) is 11.8 Å². The zero-order chi connectivity index (χ0) is 19.9. The number of hydrogen-bond donors (Lipinski definition) is 1.